The monoisotopic (exact) mass is 315 g/mol. The van der Waals surface area contributed by atoms with Crippen molar-refractivity contribution < 1.29 is 14.3 Å². The van der Waals surface area contributed by atoms with Gasteiger partial charge >= 0.3 is 0 Å². The van der Waals surface area contributed by atoms with E-state index in [0.717, 1.165) is 0 Å². The van der Waals surface area contributed by atoms with E-state index in [0.29, 0.717) is 23.6 Å². The van der Waals surface area contributed by atoms with E-state index in [1.54, 1.807) is 30.7 Å². The lowest BCUT2D eigenvalue weighted by Gasteiger charge is -2.31. The third-order valence-corrected chi connectivity index (χ3v) is 3.94. The quantitative estimate of drug-likeness (QED) is 0.941. The highest BCUT2D eigenvalue weighted by Crippen LogP contribution is 2.32. The van der Waals surface area contributed by atoms with Crippen molar-refractivity contribution in [2.45, 2.75) is 33.4 Å². The topological polar surface area (TPSA) is 65.4 Å². The molecule has 0 saturated carbocycles. The van der Waals surface area contributed by atoms with Crippen LogP contribution in [0, 0.1) is 5.41 Å². The zero-order valence-corrected chi connectivity index (χ0v) is 13.6. The number of hydrogen-bond donors (Lipinski definition) is 1. The number of imidazole rings is 1. The van der Waals surface area contributed by atoms with Gasteiger partial charge in [-0.05, 0) is 23.6 Å². The second-order valence-electron chi connectivity index (χ2n) is 6.72. The summed E-state index contributed by atoms with van der Waals surface area (Å²) in [7, 11) is 0. The maximum atomic E-state index is 12.6. The van der Waals surface area contributed by atoms with Gasteiger partial charge in [-0.3, -0.25) is 4.79 Å². The molecule has 0 radical (unpaired) electrons. The molecule has 1 N–H and O–H groups in total. The molecule has 0 saturated heterocycles. The van der Waals surface area contributed by atoms with Gasteiger partial charge in [-0.25, -0.2) is 4.98 Å². The van der Waals surface area contributed by atoms with Crippen LogP contribution in [0.25, 0.3) is 0 Å². The van der Waals surface area contributed by atoms with E-state index < -0.39 is 0 Å². The summed E-state index contributed by atoms with van der Waals surface area (Å²) in [6, 6.07) is 5.20. The van der Waals surface area contributed by atoms with Crippen LogP contribution < -0.4 is 14.8 Å². The fourth-order valence-corrected chi connectivity index (χ4v) is 2.42. The molecule has 0 aliphatic carbocycles. The van der Waals surface area contributed by atoms with Crippen LogP contribution in [0.5, 0.6) is 11.5 Å². The van der Waals surface area contributed by atoms with Gasteiger partial charge in [-0.15, -0.1) is 0 Å². The number of fused-ring (bicyclic) bond motifs is 1. The first-order valence-electron chi connectivity index (χ1n) is 7.60. The molecular formula is C17H21N3O3. The molecule has 6 nitrogen and oxygen atoms in total. The third kappa shape index (κ3) is 3.47. The number of aromatic nitrogens is 2. The molecule has 2 aromatic rings. The largest absolute Gasteiger partial charge is 0.454 e. The van der Waals surface area contributed by atoms with Crippen LogP contribution in [0.3, 0.4) is 0 Å². The number of nitrogens with zero attached hydrogens (tertiary/aromatic N) is 2. The van der Waals surface area contributed by atoms with Crippen LogP contribution in [0.2, 0.25) is 0 Å². The zero-order chi connectivity index (χ0) is 16.4. The second kappa shape index (κ2) is 5.95. The van der Waals surface area contributed by atoms with Crippen molar-refractivity contribution in [3.8, 4) is 11.5 Å². The molecule has 0 spiro atoms. The lowest BCUT2D eigenvalue weighted by Crippen LogP contribution is -2.46. The predicted molar refractivity (Wildman–Crippen MR) is 85.5 cm³/mol. The van der Waals surface area contributed by atoms with Gasteiger partial charge in [0.15, 0.2) is 11.5 Å². The van der Waals surface area contributed by atoms with Crippen molar-refractivity contribution in [3.05, 3.63) is 42.5 Å². The number of hydrogen-bond acceptors (Lipinski definition) is 4. The van der Waals surface area contributed by atoms with Gasteiger partial charge in [0.2, 0.25) is 6.79 Å². The molecule has 2 heterocycles. The van der Waals surface area contributed by atoms with Crippen molar-refractivity contribution in [1.29, 1.82) is 0 Å². The van der Waals surface area contributed by atoms with E-state index in [4.69, 9.17) is 9.47 Å². The van der Waals surface area contributed by atoms with Crippen LogP contribution in [0.1, 0.15) is 31.1 Å². The Morgan fingerprint density at radius 3 is 2.83 bits per heavy atom. The summed E-state index contributed by atoms with van der Waals surface area (Å²) in [4.78, 5) is 16.7. The maximum absolute atomic E-state index is 12.6. The van der Waals surface area contributed by atoms with Gasteiger partial charge < -0.3 is 19.4 Å². The molecule has 0 unspecified atom stereocenters. The molecule has 1 aromatic heterocycles. The molecule has 1 amide bonds. The number of rotatable bonds is 4. The minimum atomic E-state index is -0.122. The summed E-state index contributed by atoms with van der Waals surface area (Å²) in [5.41, 5.74) is 0.477. The van der Waals surface area contributed by atoms with E-state index >= 15 is 0 Å². The Morgan fingerprint density at radius 2 is 2.13 bits per heavy atom. The van der Waals surface area contributed by atoms with Gasteiger partial charge in [0.05, 0.1) is 12.4 Å². The number of carbonyl (C=O) groups is 1. The molecule has 0 fully saturated rings. The Kier molecular flexibility index (Phi) is 3.98. The summed E-state index contributed by atoms with van der Waals surface area (Å²) in [6.45, 7) is 7.18. The average molecular weight is 315 g/mol. The van der Waals surface area contributed by atoms with Gasteiger partial charge in [-0.1, -0.05) is 20.8 Å². The Labute approximate surface area is 135 Å². The first-order valence-corrected chi connectivity index (χ1v) is 7.60. The minimum absolute atomic E-state index is 0.0328. The average Bonchev–Trinajstić information content (AvgIpc) is 3.15. The van der Waals surface area contributed by atoms with Crippen LogP contribution >= 0.6 is 0 Å². The van der Waals surface area contributed by atoms with E-state index in [1.165, 1.54) is 0 Å². The molecule has 1 atom stereocenters. The maximum Gasteiger partial charge on any atom is 0.251 e. The number of carbonyl (C=O) groups excluding carboxylic acids is 1. The van der Waals surface area contributed by atoms with E-state index in [2.05, 4.69) is 31.1 Å². The van der Waals surface area contributed by atoms with Gasteiger partial charge in [-0.2, -0.15) is 0 Å². The first kappa shape index (κ1) is 15.4. The summed E-state index contributed by atoms with van der Waals surface area (Å²) < 4.78 is 12.6. The molecular weight excluding hydrogens is 294 g/mol. The van der Waals surface area contributed by atoms with Crippen LogP contribution in [0.4, 0.5) is 0 Å². The standard InChI is InChI=1S/C17H21N3O3/c1-17(2,3)15(9-20-7-6-18-10-20)19-16(21)12-4-5-13-14(8-12)23-11-22-13/h4-8,10,15H,9,11H2,1-3H3,(H,19,21)/t15-/m0/s1. The van der Waals surface area contributed by atoms with Crippen molar-refractivity contribution in [1.82, 2.24) is 14.9 Å². The first-order chi connectivity index (χ1) is 10.9. The van der Waals surface area contributed by atoms with E-state index in [-0.39, 0.29) is 24.2 Å². The Bertz CT molecular complexity index is 690. The highest BCUT2D eigenvalue weighted by atomic mass is 16.7. The smallest absolute Gasteiger partial charge is 0.251 e. The predicted octanol–water partition coefficient (Wildman–Crippen LogP) is 2.46. The summed E-state index contributed by atoms with van der Waals surface area (Å²) >= 11 is 0. The van der Waals surface area contributed by atoms with Crippen LogP contribution in [-0.2, 0) is 6.54 Å². The third-order valence-electron chi connectivity index (χ3n) is 3.94. The molecule has 1 aromatic carbocycles. The molecule has 3 rings (SSSR count). The molecule has 23 heavy (non-hydrogen) atoms. The van der Waals surface area contributed by atoms with E-state index in [9.17, 15) is 4.79 Å². The minimum Gasteiger partial charge on any atom is -0.454 e. The van der Waals surface area contributed by atoms with Gasteiger partial charge in [0.25, 0.3) is 5.91 Å². The second-order valence-corrected chi connectivity index (χ2v) is 6.72. The summed E-state index contributed by atoms with van der Waals surface area (Å²) in [5, 5.41) is 3.12. The molecule has 6 heteroatoms. The number of benzene rings is 1. The highest BCUT2D eigenvalue weighted by molar-refractivity contribution is 5.95. The van der Waals surface area contributed by atoms with Crippen molar-refractivity contribution in [2.75, 3.05) is 6.79 Å². The Balaban J connectivity index is 1.75. The van der Waals surface area contributed by atoms with Crippen molar-refractivity contribution >= 4 is 5.91 Å². The SMILES string of the molecule is CC(C)(C)[C@H](Cn1ccnc1)NC(=O)c1ccc2c(c1)OCO2. The van der Waals surface area contributed by atoms with Crippen molar-refractivity contribution in [3.63, 3.8) is 0 Å². The molecule has 0 bridgehead atoms. The molecule has 1 aliphatic rings. The zero-order valence-electron chi connectivity index (χ0n) is 13.6. The number of nitrogens with one attached hydrogen (secondary N) is 1. The number of amides is 1. The normalized spacial score (nSPS) is 14.6. The Morgan fingerprint density at radius 1 is 1.35 bits per heavy atom. The van der Waals surface area contributed by atoms with Crippen LogP contribution in [0.15, 0.2) is 36.9 Å². The van der Waals surface area contributed by atoms with Crippen LogP contribution in [-0.4, -0.2) is 28.3 Å². The number of ether oxygens (including phenoxy) is 2. The van der Waals surface area contributed by atoms with Crippen molar-refractivity contribution in [2.24, 2.45) is 5.41 Å². The van der Waals surface area contributed by atoms with E-state index in [1.807, 2.05) is 10.8 Å². The van der Waals surface area contributed by atoms with Gasteiger partial charge in [0, 0.05) is 24.5 Å². The lowest BCUT2D eigenvalue weighted by atomic mass is 9.86. The summed E-state index contributed by atoms with van der Waals surface area (Å²) in [6.07, 6.45) is 5.39. The fourth-order valence-electron chi connectivity index (χ4n) is 2.42. The summed E-state index contributed by atoms with van der Waals surface area (Å²) in [5.74, 6) is 1.16. The van der Waals surface area contributed by atoms with Gasteiger partial charge in [0.1, 0.15) is 0 Å². The molecule has 122 valence electrons. The highest BCUT2D eigenvalue weighted by Gasteiger charge is 2.27. The Hall–Kier alpha value is -2.50. The lowest BCUT2D eigenvalue weighted by molar-refractivity contribution is 0.0892. The molecule has 1 aliphatic heterocycles. The fraction of sp³-hybridized carbons (Fsp3) is 0.412.